The van der Waals surface area contributed by atoms with E-state index >= 15 is 0 Å². The summed E-state index contributed by atoms with van der Waals surface area (Å²) in [6, 6.07) is 0. The zero-order valence-electron chi connectivity index (χ0n) is 10.4. The summed E-state index contributed by atoms with van der Waals surface area (Å²) in [5.41, 5.74) is 0. The standard InChI is InChI=1S/C10H21ClO5S/c1-10(9-17(11,12)13)8-16-5-3-4-15-7-6-14-2/h10H,3-9H2,1-2H3. The van der Waals surface area contributed by atoms with Crippen LogP contribution < -0.4 is 0 Å². The lowest BCUT2D eigenvalue weighted by molar-refractivity contribution is 0.0470. The maximum absolute atomic E-state index is 10.8. The molecular weight excluding hydrogens is 268 g/mol. The van der Waals surface area contributed by atoms with E-state index in [0.29, 0.717) is 33.0 Å². The predicted molar refractivity (Wildman–Crippen MR) is 66.9 cm³/mol. The number of ether oxygens (including phenoxy) is 3. The summed E-state index contributed by atoms with van der Waals surface area (Å²) >= 11 is 0. The van der Waals surface area contributed by atoms with Crippen LogP contribution in [0.5, 0.6) is 0 Å². The van der Waals surface area contributed by atoms with E-state index in [9.17, 15) is 8.42 Å². The first-order chi connectivity index (χ1) is 7.95. The Morgan fingerprint density at radius 1 is 1.12 bits per heavy atom. The average Bonchev–Trinajstić information content (AvgIpc) is 2.19. The maximum atomic E-state index is 10.8. The Morgan fingerprint density at radius 2 is 1.76 bits per heavy atom. The molecule has 0 amide bonds. The van der Waals surface area contributed by atoms with Gasteiger partial charge in [-0.15, -0.1) is 0 Å². The van der Waals surface area contributed by atoms with Crippen LogP contribution in [0.15, 0.2) is 0 Å². The molecular formula is C10H21ClO5S. The SMILES string of the molecule is COCCOCCCOCC(C)CS(=O)(=O)Cl. The topological polar surface area (TPSA) is 61.8 Å². The molecule has 0 saturated heterocycles. The summed E-state index contributed by atoms with van der Waals surface area (Å²) in [6.45, 7) is 4.52. The van der Waals surface area contributed by atoms with Crippen molar-refractivity contribution in [3.05, 3.63) is 0 Å². The lowest BCUT2D eigenvalue weighted by Crippen LogP contribution is -2.15. The quantitative estimate of drug-likeness (QED) is 0.423. The van der Waals surface area contributed by atoms with Crippen molar-refractivity contribution < 1.29 is 22.6 Å². The number of hydrogen-bond acceptors (Lipinski definition) is 5. The molecule has 0 heterocycles. The number of hydrogen-bond donors (Lipinski definition) is 0. The van der Waals surface area contributed by atoms with Gasteiger partial charge < -0.3 is 14.2 Å². The molecule has 0 N–H and O–H groups in total. The van der Waals surface area contributed by atoms with Crippen molar-refractivity contribution in [2.45, 2.75) is 13.3 Å². The van der Waals surface area contributed by atoms with Crippen molar-refractivity contribution in [2.24, 2.45) is 5.92 Å². The molecule has 17 heavy (non-hydrogen) atoms. The minimum atomic E-state index is -3.43. The van der Waals surface area contributed by atoms with Crippen LogP contribution in [0.4, 0.5) is 0 Å². The van der Waals surface area contributed by atoms with E-state index in [2.05, 4.69) is 0 Å². The second-order valence-corrected chi connectivity index (χ2v) is 6.67. The van der Waals surface area contributed by atoms with E-state index in [1.54, 1.807) is 14.0 Å². The molecule has 0 rings (SSSR count). The van der Waals surface area contributed by atoms with E-state index < -0.39 is 9.05 Å². The monoisotopic (exact) mass is 288 g/mol. The molecule has 0 aromatic carbocycles. The molecule has 0 spiro atoms. The highest BCUT2D eigenvalue weighted by Gasteiger charge is 2.12. The van der Waals surface area contributed by atoms with E-state index in [1.807, 2.05) is 0 Å². The molecule has 0 aliphatic heterocycles. The van der Waals surface area contributed by atoms with Gasteiger partial charge in [0.1, 0.15) is 0 Å². The minimum Gasteiger partial charge on any atom is -0.382 e. The molecule has 1 unspecified atom stereocenters. The van der Waals surface area contributed by atoms with Crippen molar-refractivity contribution in [3.63, 3.8) is 0 Å². The molecule has 0 fully saturated rings. The minimum absolute atomic E-state index is 0.0567. The third-order valence-electron chi connectivity index (χ3n) is 1.90. The first-order valence-electron chi connectivity index (χ1n) is 5.52. The first kappa shape index (κ1) is 17.1. The van der Waals surface area contributed by atoms with Gasteiger partial charge in [-0.25, -0.2) is 8.42 Å². The molecule has 0 aromatic rings. The van der Waals surface area contributed by atoms with Crippen molar-refractivity contribution >= 4 is 19.7 Å². The first-order valence-corrected chi connectivity index (χ1v) is 8.00. The molecule has 0 aliphatic rings. The largest absolute Gasteiger partial charge is 0.382 e. The van der Waals surface area contributed by atoms with Gasteiger partial charge >= 0.3 is 0 Å². The third kappa shape index (κ3) is 14.1. The summed E-state index contributed by atoms with van der Waals surface area (Å²) in [5, 5.41) is 0. The van der Waals surface area contributed by atoms with E-state index in [0.717, 1.165) is 6.42 Å². The van der Waals surface area contributed by atoms with Gasteiger partial charge in [-0.3, -0.25) is 0 Å². The Bertz CT molecular complexity index is 268. The third-order valence-corrected chi connectivity index (χ3v) is 3.24. The fraction of sp³-hybridized carbons (Fsp3) is 1.00. The summed E-state index contributed by atoms with van der Waals surface area (Å²) in [4.78, 5) is 0. The molecule has 0 radical (unpaired) electrons. The smallest absolute Gasteiger partial charge is 0.232 e. The molecule has 0 aliphatic carbocycles. The number of methoxy groups -OCH3 is 1. The van der Waals surface area contributed by atoms with Crippen molar-refractivity contribution in [1.82, 2.24) is 0 Å². The van der Waals surface area contributed by atoms with Crippen LogP contribution in [0.1, 0.15) is 13.3 Å². The Morgan fingerprint density at radius 3 is 2.35 bits per heavy atom. The van der Waals surface area contributed by atoms with Gasteiger partial charge in [0.2, 0.25) is 9.05 Å². The molecule has 5 nitrogen and oxygen atoms in total. The van der Waals surface area contributed by atoms with Crippen molar-refractivity contribution in [3.8, 4) is 0 Å². The highest BCUT2D eigenvalue weighted by Crippen LogP contribution is 2.06. The predicted octanol–water partition coefficient (Wildman–Crippen LogP) is 1.26. The van der Waals surface area contributed by atoms with Crippen LogP contribution in [-0.2, 0) is 23.3 Å². The van der Waals surface area contributed by atoms with Crippen molar-refractivity contribution in [2.75, 3.05) is 45.9 Å². The van der Waals surface area contributed by atoms with Gasteiger partial charge in [0.05, 0.1) is 25.6 Å². The zero-order chi connectivity index (χ0) is 13.1. The van der Waals surface area contributed by atoms with Gasteiger partial charge in [-0.05, 0) is 12.3 Å². The molecule has 0 bridgehead atoms. The van der Waals surface area contributed by atoms with Gasteiger partial charge in [-0.1, -0.05) is 6.92 Å². The van der Waals surface area contributed by atoms with Crippen molar-refractivity contribution in [1.29, 1.82) is 0 Å². The average molecular weight is 289 g/mol. The highest BCUT2D eigenvalue weighted by atomic mass is 35.7. The van der Waals surface area contributed by atoms with Gasteiger partial charge in [0.25, 0.3) is 0 Å². The van der Waals surface area contributed by atoms with E-state index in [-0.39, 0.29) is 11.7 Å². The zero-order valence-corrected chi connectivity index (χ0v) is 11.9. The van der Waals surface area contributed by atoms with Crippen LogP contribution in [0.3, 0.4) is 0 Å². The molecule has 0 saturated carbocycles. The highest BCUT2D eigenvalue weighted by molar-refractivity contribution is 8.13. The van der Waals surface area contributed by atoms with Crippen LogP contribution in [-0.4, -0.2) is 54.3 Å². The molecule has 0 aromatic heterocycles. The van der Waals surface area contributed by atoms with Gasteiger partial charge in [-0.2, -0.15) is 0 Å². The van der Waals surface area contributed by atoms with Crippen LogP contribution in [0.25, 0.3) is 0 Å². The lowest BCUT2D eigenvalue weighted by Gasteiger charge is -2.10. The van der Waals surface area contributed by atoms with Gasteiger partial charge in [0, 0.05) is 31.0 Å². The van der Waals surface area contributed by atoms with Crippen LogP contribution >= 0.6 is 10.7 Å². The van der Waals surface area contributed by atoms with Crippen LogP contribution in [0.2, 0.25) is 0 Å². The summed E-state index contributed by atoms with van der Waals surface area (Å²) < 4.78 is 36.9. The second-order valence-electron chi connectivity index (χ2n) is 3.84. The fourth-order valence-electron chi connectivity index (χ4n) is 1.18. The fourth-order valence-corrected chi connectivity index (χ4v) is 2.60. The Labute approximate surface area is 108 Å². The Balaban J connectivity index is 3.28. The van der Waals surface area contributed by atoms with E-state index in [1.165, 1.54) is 0 Å². The lowest BCUT2D eigenvalue weighted by atomic mass is 10.2. The van der Waals surface area contributed by atoms with Crippen LogP contribution in [0, 0.1) is 5.92 Å². The molecule has 7 heteroatoms. The maximum Gasteiger partial charge on any atom is 0.232 e. The normalized spacial score (nSPS) is 13.8. The summed E-state index contributed by atoms with van der Waals surface area (Å²) in [5.74, 6) is -0.147. The Kier molecular flexibility index (Phi) is 10.2. The summed E-state index contributed by atoms with van der Waals surface area (Å²) in [6.07, 6.45) is 0.782. The number of rotatable bonds is 11. The van der Waals surface area contributed by atoms with E-state index in [4.69, 9.17) is 24.9 Å². The molecule has 1 atom stereocenters. The Hall–Kier alpha value is 0.120. The van der Waals surface area contributed by atoms with Gasteiger partial charge in [0.15, 0.2) is 0 Å². The molecule has 104 valence electrons. The summed E-state index contributed by atoms with van der Waals surface area (Å²) in [7, 11) is 3.32. The second kappa shape index (κ2) is 10.1. The number of halogens is 1.